The first-order chi connectivity index (χ1) is 9.49. The summed E-state index contributed by atoms with van der Waals surface area (Å²) in [4.78, 5) is -0.0989. The summed E-state index contributed by atoms with van der Waals surface area (Å²) in [6, 6.07) is 4.59. The van der Waals surface area contributed by atoms with E-state index in [9.17, 15) is 12.8 Å². The molecule has 106 valence electrons. The van der Waals surface area contributed by atoms with Crippen LogP contribution in [0.25, 0.3) is 0 Å². The topological polar surface area (TPSA) is 79.2 Å². The zero-order chi connectivity index (χ0) is 14.3. The number of sulfonamides is 1. The van der Waals surface area contributed by atoms with Crippen molar-refractivity contribution in [3.05, 3.63) is 29.6 Å². The van der Waals surface area contributed by atoms with Crippen molar-refractivity contribution in [1.29, 1.82) is 5.26 Å². The molecule has 7 heteroatoms. The Hall–Kier alpha value is -1.49. The third-order valence-electron chi connectivity index (χ3n) is 3.78. The number of nitrogens with one attached hydrogen (secondary N) is 1. The molecule has 0 aliphatic carbocycles. The minimum absolute atomic E-state index is 0.0781. The quantitative estimate of drug-likeness (QED) is 0.911. The highest BCUT2D eigenvalue weighted by atomic mass is 32.2. The van der Waals surface area contributed by atoms with Gasteiger partial charge in [0.05, 0.1) is 28.7 Å². The van der Waals surface area contributed by atoms with E-state index in [1.807, 2.05) is 0 Å². The number of ether oxygens (including phenoxy) is 1. The number of nitriles is 1. The maximum absolute atomic E-state index is 13.2. The second-order valence-corrected chi connectivity index (χ2v) is 6.80. The molecule has 2 aliphatic heterocycles. The van der Waals surface area contributed by atoms with Crippen LogP contribution in [-0.2, 0) is 14.8 Å². The Morgan fingerprint density at radius 1 is 1.40 bits per heavy atom. The molecule has 0 spiro atoms. The molecule has 2 aliphatic rings. The van der Waals surface area contributed by atoms with E-state index in [0.29, 0.717) is 6.42 Å². The third-order valence-corrected chi connectivity index (χ3v) is 5.27. The summed E-state index contributed by atoms with van der Waals surface area (Å²) >= 11 is 0. The van der Waals surface area contributed by atoms with Gasteiger partial charge in [0.25, 0.3) is 0 Å². The van der Waals surface area contributed by atoms with Gasteiger partial charge < -0.3 is 4.74 Å². The molecule has 3 unspecified atom stereocenters. The van der Waals surface area contributed by atoms with E-state index in [4.69, 9.17) is 10.00 Å². The van der Waals surface area contributed by atoms with Gasteiger partial charge in [0.1, 0.15) is 11.9 Å². The molecule has 20 heavy (non-hydrogen) atoms. The van der Waals surface area contributed by atoms with E-state index in [0.717, 1.165) is 31.0 Å². The zero-order valence-electron chi connectivity index (χ0n) is 10.5. The summed E-state index contributed by atoms with van der Waals surface area (Å²) < 4.78 is 45.9. The molecule has 0 radical (unpaired) electrons. The van der Waals surface area contributed by atoms with Gasteiger partial charge in [-0.05, 0) is 37.5 Å². The lowest BCUT2D eigenvalue weighted by Gasteiger charge is -2.20. The van der Waals surface area contributed by atoms with Crippen molar-refractivity contribution in [2.24, 2.45) is 0 Å². The lowest BCUT2D eigenvalue weighted by Crippen LogP contribution is -2.41. The van der Waals surface area contributed by atoms with Crippen molar-refractivity contribution in [2.75, 3.05) is 0 Å². The molecule has 3 atom stereocenters. The van der Waals surface area contributed by atoms with Crippen LogP contribution in [0.4, 0.5) is 4.39 Å². The average Bonchev–Trinajstić information content (AvgIpc) is 3.00. The highest BCUT2D eigenvalue weighted by Crippen LogP contribution is 2.35. The van der Waals surface area contributed by atoms with Crippen molar-refractivity contribution < 1.29 is 17.5 Å². The molecule has 2 bridgehead atoms. The average molecular weight is 296 g/mol. The van der Waals surface area contributed by atoms with Crippen molar-refractivity contribution in [1.82, 2.24) is 4.72 Å². The van der Waals surface area contributed by atoms with Gasteiger partial charge in [-0.15, -0.1) is 0 Å². The number of fused-ring (bicyclic) bond motifs is 2. The molecule has 2 heterocycles. The van der Waals surface area contributed by atoms with Crippen LogP contribution in [-0.4, -0.2) is 26.7 Å². The van der Waals surface area contributed by atoms with Crippen LogP contribution in [0.15, 0.2) is 23.1 Å². The van der Waals surface area contributed by atoms with Gasteiger partial charge >= 0.3 is 0 Å². The predicted octanol–water partition coefficient (Wildman–Crippen LogP) is 1.30. The zero-order valence-corrected chi connectivity index (χ0v) is 11.4. The van der Waals surface area contributed by atoms with Crippen molar-refractivity contribution in [2.45, 2.75) is 42.4 Å². The molecular weight excluding hydrogens is 283 g/mol. The second-order valence-electron chi connectivity index (χ2n) is 5.09. The van der Waals surface area contributed by atoms with Gasteiger partial charge in [-0.1, -0.05) is 0 Å². The van der Waals surface area contributed by atoms with Gasteiger partial charge in [0.15, 0.2) is 0 Å². The Balaban J connectivity index is 1.83. The summed E-state index contributed by atoms with van der Waals surface area (Å²) in [7, 11) is -3.76. The molecule has 3 rings (SSSR count). The normalized spacial score (nSPS) is 28.5. The van der Waals surface area contributed by atoms with E-state index in [1.54, 1.807) is 6.07 Å². The van der Waals surface area contributed by atoms with Crippen LogP contribution in [0.5, 0.6) is 0 Å². The van der Waals surface area contributed by atoms with Gasteiger partial charge in [0.2, 0.25) is 10.0 Å². The fraction of sp³-hybridized carbons (Fsp3) is 0.462. The summed E-state index contributed by atoms with van der Waals surface area (Å²) in [5.74, 6) is -0.727. The SMILES string of the molecule is N#Cc1cc(S(=O)(=O)NC2CC3CCC2O3)ccc1F. The summed E-state index contributed by atoms with van der Waals surface area (Å²) in [5.41, 5.74) is -0.280. The van der Waals surface area contributed by atoms with Crippen molar-refractivity contribution in [3.63, 3.8) is 0 Å². The molecule has 2 fully saturated rings. The summed E-state index contributed by atoms with van der Waals surface area (Å²) in [5, 5.41) is 8.75. The fourth-order valence-electron chi connectivity index (χ4n) is 2.79. The first kappa shape index (κ1) is 13.5. The number of hydrogen-bond acceptors (Lipinski definition) is 4. The molecular formula is C13H13FN2O3S. The summed E-state index contributed by atoms with van der Waals surface area (Å²) in [6.07, 6.45) is 2.54. The Morgan fingerprint density at radius 2 is 2.20 bits per heavy atom. The van der Waals surface area contributed by atoms with E-state index in [1.165, 1.54) is 0 Å². The molecule has 0 saturated carbocycles. The predicted molar refractivity (Wildman–Crippen MR) is 67.7 cm³/mol. The van der Waals surface area contributed by atoms with Crippen LogP contribution in [0, 0.1) is 17.1 Å². The molecule has 1 aromatic rings. The summed E-state index contributed by atoms with van der Waals surface area (Å²) in [6.45, 7) is 0. The molecule has 1 N–H and O–H groups in total. The minimum Gasteiger partial charge on any atom is -0.373 e. The molecule has 0 aromatic heterocycles. The first-order valence-corrected chi connectivity index (χ1v) is 7.85. The number of halogens is 1. The van der Waals surface area contributed by atoms with Crippen molar-refractivity contribution >= 4 is 10.0 Å². The highest BCUT2D eigenvalue weighted by molar-refractivity contribution is 7.89. The number of hydrogen-bond donors (Lipinski definition) is 1. The van der Waals surface area contributed by atoms with Crippen LogP contribution < -0.4 is 4.72 Å². The lowest BCUT2D eigenvalue weighted by molar-refractivity contribution is 0.0996. The van der Waals surface area contributed by atoms with Gasteiger partial charge in [0, 0.05) is 0 Å². The smallest absolute Gasteiger partial charge is 0.240 e. The lowest BCUT2D eigenvalue weighted by atomic mass is 9.96. The largest absolute Gasteiger partial charge is 0.373 e. The van der Waals surface area contributed by atoms with Gasteiger partial charge in [-0.25, -0.2) is 17.5 Å². The third kappa shape index (κ3) is 2.30. The molecule has 5 nitrogen and oxygen atoms in total. The van der Waals surface area contributed by atoms with Crippen LogP contribution >= 0.6 is 0 Å². The highest BCUT2D eigenvalue weighted by Gasteiger charge is 2.42. The van der Waals surface area contributed by atoms with Gasteiger partial charge in [-0.2, -0.15) is 5.26 Å². The van der Waals surface area contributed by atoms with Crippen LogP contribution in [0.2, 0.25) is 0 Å². The van der Waals surface area contributed by atoms with Gasteiger partial charge in [-0.3, -0.25) is 0 Å². The van der Waals surface area contributed by atoms with E-state index < -0.39 is 15.8 Å². The number of rotatable bonds is 3. The Morgan fingerprint density at radius 3 is 2.80 bits per heavy atom. The standard InChI is InChI=1S/C13H13FN2O3S/c14-11-3-2-10(5-8(11)7-15)20(17,18)16-12-6-9-1-4-13(12)19-9/h2-3,5,9,12-13,16H,1,4,6H2. The molecule has 1 aromatic carbocycles. The Bertz CT molecular complexity index is 683. The Labute approximate surface area is 116 Å². The Kier molecular flexibility index (Phi) is 3.24. The van der Waals surface area contributed by atoms with E-state index in [-0.39, 0.29) is 28.7 Å². The van der Waals surface area contributed by atoms with Crippen LogP contribution in [0.3, 0.4) is 0 Å². The monoisotopic (exact) mass is 296 g/mol. The van der Waals surface area contributed by atoms with Crippen molar-refractivity contribution in [3.8, 4) is 6.07 Å². The van der Waals surface area contributed by atoms with Crippen LogP contribution in [0.1, 0.15) is 24.8 Å². The number of benzene rings is 1. The van der Waals surface area contributed by atoms with E-state index in [2.05, 4.69) is 4.72 Å². The fourth-order valence-corrected chi connectivity index (χ4v) is 4.09. The molecule has 2 saturated heterocycles. The van der Waals surface area contributed by atoms with E-state index >= 15 is 0 Å². The number of nitrogens with zero attached hydrogens (tertiary/aromatic N) is 1. The first-order valence-electron chi connectivity index (χ1n) is 6.37. The maximum atomic E-state index is 13.2. The minimum atomic E-state index is -3.76. The second kappa shape index (κ2) is 4.81. The maximum Gasteiger partial charge on any atom is 0.240 e. The molecule has 0 amide bonds.